The highest BCUT2D eigenvalue weighted by Crippen LogP contribution is 2.27. The number of fused-ring (bicyclic) bond motifs is 1. The number of carbonyl (C=O) groups is 1. The largest absolute Gasteiger partial charge is 0.495 e. The Morgan fingerprint density at radius 1 is 1.21 bits per heavy atom. The summed E-state index contributed by atoms with van der Waals surface area (Å²) >= 11 is 6.10. The molecule has 0 atom stereocenters. The second kappa shape index (κ2) is 9.68. The molecule has 1 N–H and O–H groups in total. The number of methoxy groups -OCH3 is 1. The van der Waals surface area contributed by atoms with Gasteiger partial charge in [0.05, 0.1) is 41.3 Å². The number of rotatable bonds is 7. The number of morpholine rings is 1. The molecule has 0 aliphatic carbocycles. The molecule has 2 aromatic carbocycles. The minimum absolute atomic E-state index is 0.182. The van der Waals surface area contributed by atoms with Gasteiger partial charge in [0.1, 0.15) is 11.6 Å². The molecule has 1 fully saturated rings. The Kier molecular flexibility index (Phi) is 6.89. The van der Waals surface area contributed by atoms with Gasteiger partial charge in [0, 0.05) is 38.7 Å². The normalized spacial score (nSPS) is 15.0. The molecule has 11 heteroatoms. The number of amides is 1. The topological polar surface area (TPSA) is 103 Å². The number of sulfonamides is 1. The fraction of sp³-hybridized carbons (Fsp3) is 0.364. The Morgan fingerprint density at radius 3 is 2.67 bits per heavy atom. The first kappa shape index (κ1) is 23.5. The van der Waals surface area contributed by atoms with E-state index in [1.54, 1.807) is 36.4 Å². The molecule has 3 aromatic rings. The summed E-state index contributed by atoms with van der Waals surface area (Å²) < 4.78 is 39.6. The summed E-state index contributed by atoms with van der Waals surface area (Å²) in [6.45, 7) is 1.45. The maximum absolute atomic E-state index is 12.9. The fourth-order valence-electron chi connectivity index (χ4n) is 3.74. The van der Waals surface area contributed by atoms with Crippen molar-refractivity contribution in [2.45, 2.75) is 17.7 Å². The van der Waals surface area contributed by atoms with E-state index in [2.05, 4.69) is 10.3 Å². The molecule has 4 rings (SSSR count). The number of ether oxygens (including phenoxy) is 2. The second-order valence-corrected chi connectivity index (χ2v) is 10.00. The number of imidazole rings is 1. The van der Waals surface area contributed by atoms with E-state index in [0.29, 0.717) is 60.5 Å². The van der Waals surface area contributed by atoms with Crippen LogP contribution in [-0.4, -0.2) is 61.6 Å². The summed E-state index contributed by atoms with van der Waals surface area (Å²) in [4.78, 5) is 17.2. The van der Waals surface area contributed by atoms with Crippen molar-refractivity contribution in [2.75, 3.05) is 38.7 Å². The second-order valence-electron chi connectivity index (χ2n) is 7.65. The van der Waals surface area contributed by atoms with Crippen molar-refractivity contribution >= 4 is 44.3 Å². The van der Waals surface area contributed by atoms with E-state index in [-0.39, 0.29) is 17.2 Å². The number of hydrogen-bond donors (Lipinski definition) is 1. The molecule has 1 aliphatic rings. The van der Waals surface area contributed by atoms with Crippen molar-refractivity contribution < 1.29 is 22.7 Å². The lowest BCUT2D eigenvalue weighted by atomic mass is 10.2. The molecule has 1 aliphatic heterocycles. The van der Waals surface area contributed by atoms with Gasteiger partial charge in [-0.15, -0.1) is 0 Å². The predicted molar refractivity (Wildman–Crippen MR) is 125 cm³/mol. The molecule has 2 heterocycles. The Hall–Kier alpha value is -2.66. The summed E-state index contributed by atoms with van der Waals surface area (Å²) in [5, 5.41) is 3.22. The number of hydrogen-bond acceptors (Lipinski definition) is 6. The van der Waals surface area contributed by atoms with Crippen LogP contribution in [0.3, 0.4) is 0 Å². The zero-order valence-electron chi connectivity index (χ0n) is 18.4. The Balaban J connectivity index is 1.46. The van der Waals surface area contributed by atoms with Gasteiger partial charge in [-0.1, -0.05) is 11.6 Å². The van der Waals surface area contributed by atoms with Crippen LogP contribution in [0.15, 0.2) is 41.3 Å². The average Bonchev–Trinajstić information content (AvgIpc) is 3.13. The monoisotopic (exact) mass is 492 g/mol. The minimum atomic E-state index is -3.61. The number of aryl methyl sites for hydroxylation is 2. The van der Waals surface area contributed by atoms with E-state index in [1.165, 1.54) is 11.4 Å². The van der Waals surface area contributed by atoms with Crippen LogP contribution in [0.25, 0.3) is 11.0 Å². The summed E-state index contributed by atoms with van der Waals surface area (Å²) in [7, 11) is -0.232. The van der Waals surface area contributed by atoms with Gasteiger partial charge in [0.2, 0.25) is 15.9 Å². The number of benzene rings is 2. The van der Waals surface area contributed by atoms with Gasteiger partial charge < -0.3 is 19.4 Å². The van der Waals surface area contributed by atoms with Crippen LogP contribution in [0.1, 0.15) is 12.2 Å². The third-order valence-electron chi connectivity index (χ3n) is 5.56. The number of anilines is 1. The molecule has 1 aromatic heterocycles. The van der Waals surface area contributed by atoms with Gasteiger partial charge in [-0.25, -0.2) is 13.4 Å². The summed E-state index contributed by atoms with van der Waals surface area (Å²) in [5.74, 6) is 1.04. The van der Waals surface area contributed by atoms with Crippen molar-refractivity contribution in [3.05, 3.63) is 47.2 Å². The molecular formula is C22H25ClN4O5S. The van der Waals surface area contributed by atoms with Crippen molar-refractivity contribution in [3.8, 4) is 5.75 Å². The van der Waals surface area contributed by atoms with Crippen molar-refractivity contribution in [2.24, 2.45) is 7.05 Å². The third kappa shape index (κ3) is 4.98. The first-order valence-electron chi connectivity index (χ1n) is 10.5. The smallest absolute Gasteiger partial charge is 0.243 e. The highest BCUT2D eigenvalue weighted by Gasteiger charge is 2.27. The Labute approximate surface area is 197 Å². The molecule has 0 spiro atoms. The zero-order valence-corrected chi connectivity index (χ0v) is 19.9. The number of nitrogens with zero attached hydrogens (tertiary/aromatic N) is 3. The van der Waals surface area contributed by atoms with E-state index in [9.17, 15) is 13.2 Å². The standard InChI is InChI=1S/C22H25ClN4O5S/c1-26-19-5-4-16(33(29,30)27-9-11-32-12-10-27)14-18(19)25-21(26)7-8-22(28)24-15-3-6-20(31-2)17(23)13-15/h3-6,13-14H,7-12H2,1-2H3,(H,24,28). The summed E-state index contributed by atoms with van der Waals surface area (Å²) in [6.07, 6.45) is 0.603. The summed E-state index contributed by atoms with van der Waals surface area (Å²) in [6, 6.07) is 9.96. The highest BCUT2D eigenvalue weighted by molar-refractivity contribution is 7.89. The number of halogens is 1. The maximum Gasteiger partial charge on any atom is 0.243 e. The maximum atomic E-state index is 12.9. The lowest BCUT2D eigenvalue weighted by molar-refractivity contribution is -0.116. The van der Waals surface area contributed by atoms with Crippen molar-refractivity contribution in [1.82, 2.24) is 13.9 Å². The van der Waals surface area contributed by atoms with Gasteiger partial charge in [-0.3, -0.25) is 4.79 Å². The molecule has 0 saturated carbocycles. The molecule has 176 valence electrons. The van der Waals surface area contributed by atoms with E-state index < -0.39 is 10.0 Å². The Morgan fingerprint density at radius 2 is 1.97 bits per heavy atom. The average molecular weight is 493 g/mol. The van der Waals surface area contributed by atoms with Gasteiger partial charge in [-0.05, 0) is 36.4 Å². The molecule has 0 radical (unpaired) electrons. The molecule has 1 saturated heterocycles. The Bertz CT molecular complexity index is 1290. The molecule has 0 unspecified atom stereocenters. The van der Waals surface area contributed by atoms with Crippen LogP contribution >= 0.6 is 11.6 Å². The lowest BCUT2D eigenvalue weighted by Gasteiger charge is -2.26. The van der Waals surface area contributed by atoms with Crippen LogP contribution in [0.4, 0.5) is 5.69 Å². The number of carbonyl (C=O) groups excluding carboxylic acids is 1. The van der Waals surface area contributed by atoms with Crippen LogP contribution in [-0.2, 0) is 33.0 Å². The van der Waals surface area contributed by atoms with Gasteiger partial charge in [0.15, 0.2) is 0 Å². The highest BCUT2D eigenvalue weighted by atomic mass is 35.5. The minimum Gasteiger partial charge on any atom is -0.495 e. The van der Waals surface area contributed by atoms with Crippen LogP contribution in [0.5, 0.6) is 5.75 Å². The molecular weight excluding hydrogens is 468 g/mol. The van der Waals surface area contributed by atoms with Gasteiger partial charge in [0.25, 0.3) is 0 Å². The summed E-state index contributed by atoms with van der Waals surface area (Å²) in [5.41, 5.74) is 1.95. The SMILES string of the molecule is COc1ccc(NC(=O)CCc2nc3cc(S(=O)(=O)N4CCOCC4)ccc3n2C)cc1Cl. The first-order valence-corrected chi connectivity index (χ1v) is 12.3. The van der Waals surface area contributed by atoms with E-state index in [4.69, 9.17) is 21.1 Å². The van der Waals surface area contributed by atoms with Gasteiger partial charge >= 0.3 is 0 Å². The predicted octanol–water partition coefficient (Wildman–Crippen LogP) is 2.83. The first-order chi connectivity index (χ1) is 15.8. The quantitative estimate of drug-likeness (QED) is 0.544. The molecule has 0 bridgehead atoms. The van der Waals surface area contributed by atoms with E-state index in [1.807, 2.05) is 11.6 Å². The van der Waals surface area contributed by atoms with E-state index >= 15 is 0 Å². The van der Waals surface area contributed by atoms with Crippen molar-refractivity contribution in [1.29, 1.82) is 0 Å². The van der Waals surface area contributed by atoms with Crippen LogP contribution in [0, 0.1) is 0 Å². The van der Waals surface area contributed by atoms with E-state index in [0.717, 1.165) is 5.52 Å². The number of aromatic nitrogens is 2. The molecule has 1 amide bonds. The van der Waals surface area contributed by atoms with Crippen molar-refractivity contribution in [3.63, 3.8) is 0 Å². The molecule has 9 nitrogen and oxygen atoms in total. The third-order valence-corrected chi connectivity index (χ3v) is 7.75. The zero-order chi connectivity index (χ0) is 23.6. The van der Waals surface area contributed by atoms with Gasteiger partial charge in [-0.2, -0.15) is 4.31 Å². The number of nitrogens with one attached hydrogen (secondary N) is 1. The fourth-order valence-corrected chi connectivity index (χ4v) is 5.43. The van der Waals surface area contributed by atoms with Crippen LogP contribution < -0.4 is 10.1 Å². The van der Waals surface area contributed by atoms with Crippen LogP contribution in [0.2, 0.25) is 5.02 Å². The molecule has 33 heavy (non-hydrogen) atoms. The lowest BCUT2D eigenvalue weighted by Crippen LogP contribution is -2.40.